The highest BCUT2D eigenvalue weighted by Gasteiger charge is 2.09. The lowest BCUT2D eigenvalue weighted by Gasteiger charge is -2.13. The molecule has 1 atom stereocenters. The topological polar surface area (TPSA) is 57.9 Å². The molecule has 0 spiro atoms. The van der Waals surface area contributed by atoms with E-state index in [4.69, 9.17) is 10.00 Å². The zero-order valence-corrected chi connectivity index (χ0v) is 12.8. The molecule has 108 valence electrons. The number of nitriles is 1. The Morgan fingerprint density at radius 3 is 2.38 bits per heavy atom. The van der Waals surface area contributed by atoms with Crippen molar-refractivity contribution in [2.75, 3.05) is 7.05 Å². The van der Waals surface area contributed by atoms with Crippen LogP contribution in [-0.4, -0.2) is 12.0 Å². The van der Waals surface area contributed by atoms with E-state index in [1.165, 1.54) is 0 Å². The first-order valence-electron chi connectivity index (χ1n) is 6.87. The average molecular weight is 281 g/mol. The lowest BCUT2D eigenvalue weighted by Crippen LogP contribution is -2.12. The van der Waals surface area contributed by atoms with Crippen LogP contribution in [0, 0.1) is 25.2 Å². The second kappa shape index (κ2) is 6.38. The van der Waals surface area contributed by atoms with Crippen LogP contribution in [0.5, 0.6) is 11.6 Å². The van der Waals surface area contributed by atoms with Crippen molar-refractivity contribution in [2.45, 2.75) is 26.8 Å². The van der Waals surface area contributed by atoms with Crippen LogP contribution in [-0.2, 0) is 0 Å². The second-order valence-corrected chi connectivity index (χ2v) is 5.09. The molecule has 4 heteroatoms. The molecule has 21 heavy (non-hydrogen) atoms. The predicted molar refractivity (Wildman–Crippen MR) is 82.4 cm³/mol. The molecule has 4 nitrogen and oxygen atoms in total. The largest absolute Gasteiger partial charge is 0.438 e. The van der Waals surface area contributed by atoms with Crippen LogP contribution in [0.15, 0.2) is 30.5 Å². The van der Waals surface area contributed by atoms with Gasteiger partial charge in [-0.25, -0.2) is 4.98 Å². The van der Waals surface area contributed by atoms with E-state index >= 15 is 0 Å². The minimum Gasteiger partial charge on any atom is -0.438 e. The van der Waals surface area contributed by atoms with Crippen molar-refractivity contribution in [1.82, 2.24) is 10.3 Å². The van der Waals surface area contributed by atoms with Crippen LogP contribution in [0.3, 0.4) is 0 Å². The van der Waals surface area contributed by atoms with Crippen molar-refractivity contribution in [3.05, 3.63) is 52.7 Å². The lowest BCUT2D eigenvalue weighted by molar-refractivity contribution is 0.455. The number of hydrogen-bond donors (Lipinski definition) is 1. The van der Waals surface area contributed by atoms with Gasteiger partial charge in [0, 0.05) is 18.3 Å². The van der Waals surface area contributed by atoms with Gasteiger partial charge in [0.1, 0.15) is 5.75 Å². The Kier molecular flexibility index (Phi) is 4.56. The van der Waals surface area contributed by atoms with Gasteiger partial charge in [0.25, 0.3) is 0 Å². The molecule has 0 aliphatic carbocycles. The summed E-state index contributed by atoms with van der Waals surface area (Å²) < 4.78 is 5.87. The van der Waals surface area contributed by atoms with Crippen molar-refractivity contribution < 1.29 is 4.74 Å². The Morgan fingerprint density at radius 1 is 1.24 bits per heavy atom. The van der Waals surface area contributed by atoms with E-state index in [0.717, 1.165) is 22.4 Å². The first kappa shape index (κ1) is 15.0. The van der Waals surface area contributed by atoms with Crippen LogP contribution in [0.4, 0.5) is 0 Å². The van der Waals surface area contributed by atoms with Crippen LogP contribution < -0.4 is 10.1 Å². The smallest absolute Gasteiger partial charge is 0.219 e. The minimum atomic E-state index is 0.255. The van der Waals surface area contributed by atoms with E-state index in [1.807, 2.05) is 51.4 Å². The number of nitrogens with one attached hydrogen (secondary N) is 1. The normalized spacial score (nSPS) is 11.8. The second-order valence-electron chi connectivity index (χ2n) is 5.09. The maximum absolute atomic E-state index is 8.96. The minimum absolute atomic E-state index is 0.255. The van der Waals surface area contributed by atoms with Crippen LogP contribution in [0.25, 0.3) is 0 Å². The van der Waals surface area contributed by atoms with Gasteiger partial charge in [-0.05, 0) is 56.6 Å². The van der Waals surface area contributed by atoms with E-state index < -0.39 is 0 Å². The summed E-state index contributed by atoms with van der Waals surface area (Å²) in [5, 5.41) is 12.1. The van der Waals surface area contributed by atoms with E-state index in [1.54, 1.807) is 0 Å². The molecular weight excluding hydrogens is 262 g/mol. The van der Waals surface area contributed by atoms with Crippen LogP contribution >= 0.6 is 0 Å². The summed E-state index contributed by atoms with van der Waals surface area (Å²) in [6, 6.07) is 9.90. The molecule has 1 aromatic carbocycles. The van der Waals surface area contributed by atoms with Crippen LogP contribution in [0.2, 0.25) is 0 Å². The molecular formula is C17H19N3O. The monoisotopic (exact) mass is 281 g/mol. The Labute approximate surface area is 125 Å². The third kappa shape index (κ3) is 3.39. The van der Waals surface area contributed by atoms with Crippen molar-refractivity contribution in [3.63, 3.8) is 0 Å². The van der Waals surface area contributed by atoms with E-state index in [0.29, 0.717) is 11.4 Å². The SMILES string of the molecule is CNC(C)c1ccc(Oc2c(C)cc(C#N)cc2C)nc1. The van der Waals surface area contributed by atoms with Crippen molar-refractivity contribution in [3.8, 4) is 17.7 Å². The van der Waals surface area contributed by atoms with Gasteiger partial charge >= 0.3 is 0 Å². The summed E-state index contributed by atoms with van der Waals surface area (Å²) in [5.41, 5.74) is 3.61. The highest BCUT2D eigenvalue weighted by atomic mass is 16.5. The lowest BCUT2D eigenvalue weighted by atomic mass is 10.1. The number of aryl methyl sites for hydroxylation is 2. The molecule has 1 unspecified atom stereocenters. The van der Waals surface area contributed by atoms with Gasteiger partial charge < -0.3 is 10.1 Å². The number of rotatable bonds is 4. The molecule has 0 amide bonds. The summed E-state index contributed by atoms with van der Waals surface area (Å²) in [7, 11) is 1.92. The maximum atomic E-state index is 8.96. The number of aromatic nitrogens is 1. The fourth-order valence-corrected chi connectivity index (χ4v) is 2.16. The van der Waals surface area contributed by atoms with Gasteiger partial charge in [0.05, 0.1) is 11.6 Å². The summed E-state index contributed by atoms with van der Waals surface area (Å²) >= 11 is 0. The molecule has 2 rings (SSSR count). The summed E-state index contributed by atoms with van der Waals surface area (Å²) in [5.74, 6) is 1.31. The Bertz CT molecular complexity index is 648. The highest BCUT2D eigenvalue weighted by Crippen LogP contribution is 2.29. The predicted octanol–water partition coefficient (Wildman–Crippen LogP) is 3.64. The van der Waals surface area contributed by atoms with Crippen molar-refractivity contribution >= 4 is 0 Å². The van der Waals surface area contributed by atoms with Crippen molar-refractivity contribution in [1.29, 1.82) is 5.26 Å². The van der Waals surface area contributed by atoms with Gasteiger partial charge in [-0.3, -0.25) is 0 Å². The molecule has 2 aromatic rings. The number of ether oxygens (including phenoxy) is 1. The molecule has 0 radical (unpaired) electrons. The van der Waals surface area contributed by atoms with Gasteiger partial charge in [-0.1, -0.05) is 6.07 Å². The molecule has 0 saturated heterocycles. The zero-order chi connectivity index (χ0) is 15.4. The molecule has 0 fully saturated rings. The molecule has 0 bridgehead atoms. The van der Waals surface area contributed by atoms with E-state index in [-0.39, 0.29) is 6.04 Å². The molecule has 1 N–H and O–H groups in total. The Balaban J connectivity index is 2.25. The van der Waals surface area contributed by atoms with Crippen LogP contribution in [0.1, 0.15) is 35.2 Å². The third-order valence-corrected chi connectivity index (χ3v) is 3.49. The molecule has 1 aromatic heterocycles. The fraction of sp³-hybridized carbons (Fsp3) is 0.294. The van der Waals surface area contributed by atoms with Crippen molar-refractivity contribution in [2.24, 2.45) is 0 Å². The average Bonchev–Trinajstić information content (AvgIpc) is 2.50. The summed E-state index contributed by atoms with van der Waals surface area (Å²) in [6.07, 6.45) is 1.81. The fourth-order valence-electron chi connectivity index (χ4n) is 2.16. The van der Waals surface area contributed by atoms with E-state index in [2.05, 4.69) is 23.3 Å². The third-order valence-electron chi connectivity index (χ3n) is 3.49. The number of pyridine rings is 1. The quantitative estimate of drug-likeness (QED) is 0.929. The van der Waals surface area contributed by atoms with E-state index in [9.17, 15) is 0 Å². The number of benzene rings is 1. The molecule has 0 aliphatic rings. The van der Waals surface area contributed by atoms with Gasteiger partial charge in [0.2, 0.25) is 5.88 Å². The molecule has 1 heterocycles. The molecule has 0 aliphatic heterocycles. The van der Waals surface area contributed by atoms with Gasteiger partial charge in [-0.15, -0.1) is 0 Å². The highest BCUT2D eigenvalue weighted by molar-refractivity contribution is 5.48. The number of hydrogen-bond acceptors (Lipinski definition) is 4. The first-order valence-corrected chi connectivity index (χ1v) is 6.87. The Morgan fingerprint density at radius 2 is 1.90 bits per heavy atom. The van der Waals surface area contributed by atoms with Gasteiger partial charge in [-0.2, -0.15) is 5.26 Å². The maximum Gasteiger partial charge on any atom is 0.219 e. The number of nitrogens with zero attached hydrogens (tertiary/aromatic N) is 2. The zero-order valence-electron chi connectivity index (χ0n) is 12.8. The summed E-state index contributed by atoms with van der Waals surface area (Å²) in [6.45, 7) is 5.94. The standard InChI is InChI=1S/C17H19N3O/c1-11-7-14(9-18)8-12(2)17(11)21-16-6-5-15(10-20-16)13(3)19-4/h5-8,10,13,19H,1-4H3. The summed E-state index contributed by atoms with van der Waals surface area (Å²) in [4.78, 5) is 4.34. The van der Waals surface area contributed by atoms with Gasteiger partial charge in [0.15, 0.2) is 0 Å². The Hall–Kier alpha value is -2.38. The first-order chi connectivity index (χ1) is 10.0. The molecule has 0 saturated carbocycles.